The fourth-order valence-corrected chi connectivity index (χ4v) is 3.66. The van der Waals surface area contributed by atoms with Crippen molar-refractivity contribution in [1.82, 2.24) is 15.5 Å². The Kier molecular flexibility index (Phi) is 8.08. The summed E-state index contributed by atoms with van der Waals surface area (Å²) >= 11 is 0. The molecule has 0 saturated carbocycles. The molecule has 1 heterocycles. The molecule has 0 unspecified atom stereocenters. The van der Waals surface area contributed by atoms with Crippen molar-refractivity contribution >= 4 is 17.7 Å². The van der Waals surface area contributed by atoms with Crippen molar-refractivity contribution in [3.8, 4) is 11.5 Å². The molecule has 1 aliphatic heterocycles. The first-order chi connectivity index (χ1) is 15.5. The number of nitrogens with zero attached hydrogens (tertiary/aromatic N) is 1. The van der Waals surface area contributed by atoms with Crippen molar-refractivity contribution in [2.45, 2.75) is 12.8 Å². The molecule has 8 heteroatoms. The first kappa shape index (κ1) is 23.1. The average molecular weight is 440 g/mol. The van der Waals surface area contributed by atoms with Crippen LogP contribution in [0.5, 0.6) is 11.5 Å². The van der Waals surface area contributed by atoms with Crippen LogP contribution in [-0.4, -0.2) is 63.0 Å². The van der Waals surface area contributed by atoms with E-state index in [9.17, 15) is 14.4 Å². The van der Waals surface area contributed by atoms with E-state index in [0.29, 0.717) is 48.2 Å². The van der Waals surface area contributed by atoms with Crippen molar-refractivity contribution in [3.63, 3.8) is 0 Å². The van der Waals surface area contributed by atoms with Gasteiger partial charge in [0.2, 0.25) is 5.91 Å². The summed E-state index contributed by atoms with van der Waals surface area (Å²) in [5, 5.41) is 5.64. The van der Waals surface area contributed by atoms with Crippen molar-refractivity contribution in [1.29, 1.82) is 0 Å². The minimum Gasteiger partial charge on any atom is -0.493 e. The van der Waals surface area contributed by atoms with E-state index in [1.54, 1.807) is 54.5 Å². The number of likely N-dealkylation sites (tertiary alicyclic amines) is 1. The first-order valence-electron chi connectivity index (χ1n) is 10.6. The van der Waals surface area contributed by atoms with Gasteiger partial charge in [-0.15, -0.1) is 0 Å². The lowest BCUT2D eigenvalue weighted by atomic mass is 9.96. The second-order valence-electron chi connectivity index (χ2n) is 7.65. The number of carbonyl (C=O) groups excluding carboxylic acids is 3. The summed E-state index contributed by atoms with van der Waals surface area (Å²) in [7, 11) is 3.08. The van der Waals surface area contributed by atoms with Gasteiger partial charge < -0.3 is 25.0 Å². The van der Waals surface area contributed by atoms with Crippen LogP contribution >= 0.6 is 0 Å². The number of benzene rings is 2. The van der Waals surface area contributed by atoms with E-state index < -0.39 is 0 Å². The molecule has 1 fully saturated rings. The summed E-state index contributed by atoms with van der Waals surface area (Å²) in [4.78, 5) is 38.8. The Morgan fingerprint density at radius 3 is 2.19 bits per heavy atom. The molecule has 3 rings (SSSR count). The van der Waals surface area contributed by atoms with Crippen LogP contribution in [0.1, 0.15) is 33.6 Å². The van der Waals surface area contributed by atoms with Gasteiger partial charge in [0.25, 0.3) is 11.8 Å². The molecule has 0 aromatic heterocycles. The van der Waals surface area contributed by atoms with Crippen molar-refractivity contribution in [3.05, 3.63) is 59.7 Å². The summed E-state index contributed by atoms with van der Waals surface area (Å²) in [6.07, 6.45) is 1.59. The Labute approximate surface area is 187 Å². The number of piperidine rings is 1. The van der Waals surface area contributed by atoms with Gasteiger partial charge in [0.1, 0.15) is 0 Å². The summed E-state index contributed by atoms with van der Waals surface area (Å²) < 4.78 is 10.4. The van der Waals surface area contributed by atoms with E-state index in [-0.39, 0.29) is 24.3 Å². The van der Waals surface area contributed by atoms with Crippen LogP contribution in [0.3, 0.4) is 0 Å². The molecule has 3 amide bonds. The lowest BCUT2D eigenvalue weighted by Crippen LogP contribution is -2.45. The molecule has 0 spiro atoms. The predicted octanol–water partition coefficient (Wildman–Crippen LogP) is 2.10. The number of amides is 3. The maximum atomic E-state index is 12.5. The van der Waals surface area contributed by atoms with Crippen molar-refractivity contribution in [2.75, 3.05) is 40.4 Å². The van der Waals surface area contributed by atoms with Crippen LogP contribution in [-0.2, 0) is 4.79 Å². The smallest absolute Gasteiger partial charge is 0.251 e. The molecule has 2 aromatic rings. The highest BCUT2D eigenvalue weighted by atomic mass is 16.5. The van der Waals surface area contributed by atoms with Crippen LogP contribution < -0.4 is 20.1 Å². The Bertz CT molecular complexity index is 940. The number of ether oxygens (including phenoxy) is 2. The van der Waals surface area contributed by atoms with Crippen LogP contribution in [0.4, 0.5) is 0 Å². The topological polar surface area (TPSA) is 97.0 Å². The molecule has 1 saturated heterocycles. The van der Waals surface area contributed by atoms with Crippen LogP contribution in [0.25, 0.3) is 0 Å². The van der Waals surface area contributed by atoms with Gasteiger partial charge >= 0.3 is 0 Å². The molecule has 2 aromatic carbocycles. The summed E-state index contributed by atoms with van der Waals surface area (Å²) in [6, 6.07) is 13.9. The quantitative estimate of drug-likeness (QED) is 0.657. The number of hydrogen-bond acceptors (Lipinski definition) is 5. The zero-order valence-corrected chi connectivity index (χ0v) is 18.4. The summed E-state index contributed by atoms with van der Waals surface area (Å²) in [5.41, 5.74) is 1.04. The third-order valence-corrected chi connectivity index (χ3v) is 5.60. The average Bonchev–Trinajstić information content (AvgIpc) is 2.85. The number of nitrogens with one attached hydrogen (secondary N) is 2. The van der Waals surface area contributed by atoms with E-state index in [1.165, 1.54) is 7.11 Å². The molecule has 32 heavy (non-hydrogen) atoms. The van der Waals surface area contributed by atoms with Gasteiger partial charge in [0.05, 0.1) is 20.8 Å². The van der Waals surface area contributed by atoms with Crippen molar-refractivity contribution < 1.29 is 23.9 Å². The Hall–Kier alpha value is -3.55. The molecule has 8 nitrogen and oxygen atoms in total. The molecule has 170 valence electrons. The van der Waals surface area contributed by atoms with Crippen LogP contribution in [0.2, 0.25) is 0 Å². The van der Waals surface area contributed by atoms with Gasteiger partial charge in [-0.25, -0.2) is 0 Å². The fraction of sp³-hybridized carbons (Fsp3) is 0.375. The third-order valence-electron chi connectivity index (χ3n) is 5.60. The van der Waals surface area contributed by atoms with Gasteiger partial charge in [-0.05, 0) is 49.1 Å². The minimum atomic E-state index is -0.258. The molecular formula is C24H29N3O5. The maximum Gasteiger partial charge on any atom is 0.251 e. The van der Waals surface area contributed by atoms with Crippen LogP contribution in [0, 0.1) is 5.92 Å². The lowest BCUT2D eigenvalue weighted by molar-refractivity contribution is -0.131. The Morgan fingerprint density at radius 1 is 0.875 bits per heavy atom. The minimum absolute atomic E-state index is 0.0194. The second kappa shape index (κ2) is 11.2. The zero-order chi connectivity index (χ0) is 22.9. The highest BCUT2D eigenvalue weighted by Crippen LogP contribution is 2.27. The molecule has 1 aliphatic rings. The summed E-state index contributed by atoms with van der Waals surface area (Å²) in [6.45, 7) is 1.74. The number of methoxy groups -OCH3 is 2. The molecule has 0 radical (unpaired) electrons. The normalized spacial score (nSPS) is 13.9. The Balaban J connectivity index is 1.40. The van der Waals surface area contributed by atoms with Crippen LogP contribution in [0.15, 0.2) is 48.5 Å². The number of hydrogen-bond donors (Lipinski definition) is 2. The number of carbonyl (C=O) groups is 3. The standard InChI is InChI=1S/C24H29N3O5/c1-31-20-9-8-19(14-21(20)32-2)24(30)25-15-17-10-12-27(13-11-17)22(28)16-26-23(29)18-6-4-3-5-7-18/h3-9,14,17H,10-13,15-16H2,1-2H3,(H,25,30)(H,26,29). The zero-order valence-electron chi connectivity index (χ0n) is 18.4. The maximum absolute atomic E-state index is 12.5. The van der Waals surface area contributed by atoms with Gasteiger partial charge in [-0.1, -0.05) is 18.2 Å². The molecule has 0 atom stereocenters. The molecule has 2 N–H and O–H groups in total. The first-order valence-corrected chi connectivity index (χ1v) is 10.6. The van der Waals surface area contributed by atoms with E-state index in [1.807, 2.05) is 6.07 Å². The van der Waals surface area contributed by atoms with Gasteiger partial charge in [-0.3, -0.25) is 14.4 Å². The largest absolute Gasteiger partial charge is 0.493 e. The van der Waals surface area contributed by atoms with E-state index >= 15 is 0 Å². The predicted molar refractivity (Wildman–Crippen MR) is 120 cm³/mol. The highest BCUT2D eigenvalue weighted by Gasteiger charge is 2.23. The molecular weight excluding hydrogens is 410 g/mol. The number of rotatable bonds is 8. The highest BCUT2D eigenvalue weighted by molar-refractivity contribution is 5.96. The van der Waals surface area contributed by atoms with E-state index in [4.69, 9.17) is 9.47 Å². The van der Waals surface area contributed by atoms with Gasteiger partial charge in [0.15, 0.2) is 11.5 Å². The van der Waals surface area contributed by atoms with E-state index in [2.05, 4.69) is 10.6 Å². The fourth-order valence-electron chi connectivity index (χ4n) is 3.66. The lowest BCUT2D eigenvalue weighted by Gasteiger charge is -2.32. The van der Waals surface area contributed by atoms with Gasteiger partial charge in [-0.2, -0.15) is 0 Å². The third kappa shape index (κ3) is 6.00. The monoisotopic (exact) mass is 439 g/mol. The SMILES string of the molecule is COc1ccc(C(=O)NCC2CCN(C(=O)CNC(=O)c3ccccc3)CC2)cc1OC. The second-order valence-corrected chi connectivity index (χ2v) is 7.65. The molecule has 0 aliphatic carbocycles. The van der Waals surface area contributed by atoms with Crippen molar-refractivity contribution in [2.24, 2.45) is 5.92 Å². The summed E-state index contributed by atoms with van der Waals surface area (Å²) in [5.74, 6) is 0.844. The molecule has 0 bridgehead atoms. The Morgan fingerprint density at radius 2 is 1.53 bits per heavy atom. The van der Waals surface area contributed by atoms with Gasteiger partial charge in [0, 0.05) is 30.8 Å². The van der Waals surface area contributed by atoms with E-state index in [0.717, 1.165) is 12.8 Å².